The third-order valence-electron chi connectivity index (χ3n) is 4.72. The molecule has 1 aromatic heterocycles. The third-order valence-corrected chi connectivity index (χ3v) is 4.72. The molecule has 0 aliphatic heterocycles. The van der Waals surface area contributed by atoms with Gasteiger partial charge < -0.3 is 20.1 Å². The van der Waals surface area contributed by atoms with E-state index in [1.165, 1.54) is 13.0 Å². The Bertz CT molecular complexity index is 919. The number of ether oxygens (including phenoxy) is 1. The summed E-state index contributed by atoms with van der Waals surface area (Å²) < 4.78 is 5.24. The number of ketones is 1. The standard InChI is InChI=1S/C23H31N3O5/c1-5-17(28)10-11-20(23(30)31-14(2)3)26-22(29)21(25-15(4)27)12-16-13-24-19-9-7-6-8-18(16)19/h5-9,13-15,20-21,24-25,27H,1,10-12H2,2-4H3,(H,26,29)/t15?,20-,21-/m0/s1. The smallest absolute Gasteiger partial charge is 0.328 e. The van der Waals surface area contributed by atoms with Crippen molar-refractivity contribution in [2.45, 2.75) is 64.4 Å². The van der Waals surface area contributed by atoms with Crippen LogP contribution in [-0.4, -0.2) is 52.2 Å². The van der Waals surface area contributed by atoms with Gasteiger partial charge in [-0.05, 0) is 51.3 Å². The van der Waals surface area contributed by atoms with Crippen LogP contribution in [0.3, 0.4) is 0 Å². The van der Waals surface area contributed by atoms with Gasteiger partial charge in [-0.1, -0.05) is 24.8 Å². The van der Waals surface area contributed by atoms with E-state index in [-0.39, 0.29) is 31.1 Å². The van der Waals surface area contributed by atoms with Gasteiger partial charge in [-0.25, -0.2) is 4.79 Å². The number of esters is 1. The number of H-pyrrole nitrogens is 1. The summed E-state index contributed by atoms with van der Waals surface area (Å²) in [4.78, 5) is 40.3. The second-order valence-electron chi connectivity index (χ2n) is 7.71. The Balaban J connectivity index is 2.18. The lowest BCUT2D eigenvalue weighted by Crippen LogP contribution is -2.53. The minimum atomic E-state index is -0.986. The number of hydrogen-bond donors (Lipinski definition) is 4. The number of carbonyl (C=O) groups is 3. The molecular formula is C23H31N3O5. The number of carbonyl (C=O) groups excluding carboxylic acids is 3. The molecule has 8 nitrogen and oxygen atoms in total. The van der Waals surface area contributed by atoms with E-state index in [1.807, 2.05) is 30.5 Å². The molecule has 0 aliphatic rings. The maximum atomic E-state index is 13.0. The molecule has 1 amide bonds. The number of aromatic amines is 1. The first kappa shape index (κ1) is 24.3. The quantitative estimate of drug-likeness (QED) is 0.233. The van der Waals surface area contributed by atoms with Crippen LogP contribution in [0.2, 0.25) is 0 Å². The van der Waals surface area contributed by atoms with E-state index in [0.717, 1.165) is 16.5 Å². The zero-order valence-corrected chi connectivity index (χ0v) is 18.2. The molecule has 2 aromatic rings. The Hall–Kier alpha value is -2.97. The summed E-state index contributed by atoms with van der Waals surface area (Å²) in [6, 6.07) is 5.91. The van der Waals surface area contributed by atoms with Gasteiger partial charge in [0.05, 0.1) is 12.1 Å². The molecular weight excluding hydrogens is 398 g/mol. The Morgan fingerprint density at radius 1 is 1.19 bits per heavy atom. The number of fused-ring (bicyclic) bond motifs is 1. The summed E-state index contributed by atoms with van der Waals surface area (Å²) in [7, 11) is 0. The number of amides is 1. The van der Waals surface area contributed by atoms with Crippen molar-refractivity contribution in [2.75, 3.05) is 0 Å². The lowest BCUT2D eigenvalue weighted by atomic mass is 10.0. The fourth-order valence-electron chi connectivity index (χ4n) is 3.26. The van der Waals surface area contributed by atoms with E-state index in [2.05, 4.69) is 22.2 Å². The maximum absolute atomic E-state index is 13.0. The predicted molar refractivity (Wildman–Crippen MR) is 118 cm³/mol. The highest BCUT2D eigenvalue weighted by molar-refractivity contribution is 5.91. The van der Waals surface area contributed by atoms with Gasteiger partial charge in [-0.15, -0.1) is 0 Å². The number of allylic oxidation sites excluding steroid dienone is 1. The largest absolute Gasteiger partial charge is 0.461 e. The van der Waals surface area contributed by atoms with Crippen LogP contribution in [0.5, 0.6) is 0 Å². The molecule has 0 saturated carbocycles. The van der Waals surface area contributed by atoms with Crippen molar-refractivity contribution in [3.05, 3.63) is 48.7 Å². The average molecular weight is 430 g/mol. The number of nitrogens with one attached hydrogen (secondary N) is 3. The summed E-state index contributed by atoms with van der Waals surface area (Å²) in [6.45, 7) is 8.36. The maximum Gasteiger partial charge on any atom is 0.328 e. The van der Waals surface area contributed by atoms with Crippen molar-refractivity contribution in [2.24, 2.45) is 0 Å². The monoisotopic (exact) mass is 429 g/mol. The van der Waals surface area contributed by atoms with Crippen LogP contribution in [0, 0.1) is 0 Å². The minimum absolute atomic E-state index is 0.0542. The van der Waals surface area contributed by atoms with E-state index in [9.17, 15) is 19.5 Å². The second-order valence-corrected chi connectivity index (χ2v) is 7.71. The van der Waals surface area contributed by atoms with Gasteiger partial charge in [0.2, 0.25) is 5.91 Å². The van der Waals surface area contributed by atoms with Gasteiger partial charge in [0.25, 0.3) is 0 Å². The van der Waals surface area contributed by atoms with Gasteiger partial charge in [-0.2, -0.15) is 0 Å². The number of para-hydroxylation sites is 1. The molecule has 1 heterocycles. The molecule has 168 valence electrons. The molecule has 3 atom stereocenters. The van der Waals surface area contributed by atoms with Gasteiger partial charge in [0.15, 0.2) is 5.78 Å². The van der Waals surface area contributed by atoms with Crippen LogP contribution in [0.25, 0.3) is 10.9 Å². The van der Waals surface area contributed by atoms with Crippen molar-refractivity contribution >= 4 is 28.6 Å². The Morgan fingerprint density at radius 2 is 1.90 bits per heavy atom. The zero-order chi connectivity index (χ0) is 23.0. The predicted octanol–water partition coefficient (Wildman–Crippen LogP) is 1.98. The average Bonchev–Trinajstić information content (AvgIpc) is 3.12. The number of aliphatic hydroxyl groups is 1. The molecule has 0 spiro atoms. The van der Waals surface area contributed by atoms with Crippen LogP contribution in [0.1, 0.15) is 39.2 Å². The van der Waals surface area contributed by atoms with Crippen molar-refractivity contribution in [1.29, 1.82) is 0 Å². The van der Waals surface area contributed by atoms with Crippen molar-refractivity contribution in [3.8, 4) is 0 Å². The Labute approximate surface area is 182 Å². The molecule has 0 saturated heterocycles. The number of hydrogen-bond acceptors (Lipinski definition) is 6. The minimum Gasteiger partial charge on any atom is -0.461 e. The Kier molecular flexibility index (Phi) is 8.96. The highest BCUT2D eigenvalue weighted by atomic mass is 16.5. The van der Waals surface area contributed by atoms with E-state index in [0.29, 0.717) is 0 Å². The van der Waals surface area contributed by atoms with Crippen LogP contribution in [-0.2, 0) is 25.5 Å². The van der Waals surface area contributed by atoms with E-state index in [4.69, 9.17) is 4.74 Å². The number of aliphatic hydroxyl groups excluding tert-OH is 1. The summed E-state index contributed by atoms with van der Waals surface area (Å²) in [5.41, 5.74) is 1.84. The van der Waals surface area contributed by atoms with Crippen molar-refractivity contribution in [3.63, 3.8) is 0 Å². The summed E-state index contributed by atoms with van der Waals surface area (Å²) >= 11 is 0. The van der Waals surface area contributed by atoms with E-state index < -0.39 is 30.2 Å². The molecule has 31 heavy (non-hydrogen) atoms. The number of aromatic nitrogens is 1. The van der Waals surface area contributed by atoms with E-state index >= 15 is 0 Å². The summed E-state index contributed by atoms with van der Waals surface area (Å²) in [6.07, 6.45) is 2.14. The first-order valence-corrected chi connectivity index (χ1v) is 10.4. The normalized spacial score (nSPS) is 14.1. The molecule has 0 fully saturated rings. The third kappa shape index (κ3) is 7.34. The fourth-order valence-corrected chi connectivity index (χ4v) is 3.26. The van der Waals surface area contributed by atoms with Crippen molar-refractivity contribution in [1.82, 2.24) is 15.6 Å². The topological polar surface area (TPSA) is 121 Å². The molecule has 1 unspecified atom stereocenters. The summed E-state index contributed by atoms with van der Waals surface area (Å²) in [5, 5.41) is 16.3. The van der Waals surface area contributed by atoms with Gasteiger partial charge in [0.1, 0.15) is 12.3 Å². The molecule has 4 N–H and O–H groups in total. The first-order valence-electron chi connectivity index (χ1n) is 10.4. The lowest BCUT2D eigenvalue weighted by Gasteiger charge is -2.24. The molecule has 0 aliphatic carbocycles. The fraction of sp³-hybridized carbons (Fsp3) is 0.435. The van der Waals surface area contributed by atoms with Crippen LogP contribution in [0.15, 0.2) is 43.1 Å². The second kappa shape index (κ2) is 11.4. The van der Waals surface area contributed by atoms with Gasteiger partial charge in [0, 0.05) is 23.5 Å². The highest BCUT2D eigenvalue weighted by Gasteiger charge is 2.28. The van der Waals surface area contributed by atoms with Gasteiger partial charge in [-0.3, -0.25) is 14.9 Å². The molecule has 8 heteroatoms. The van der Waals surface area contributed by atoms with Crippen LogP contribution >= 0.6 is 0 Å². The van der Waals surface area contributed by atoms with E-state index in [1.54, 1.807) is 13.8 Å². The van der Waals surface area contributed by atoms with Gasteiger partial charge >= 0.3 is 5.97 Å². The highest BCUT2D eigenvalue weighted by Crippen LogP contribution is 2.19. The number of rotatable bonds is 12. The van der Waals surface area contributed by atoms with Crippen LogP contribution in [0.4, 0.5) is 0 Å². The number of benzene rings is 1. The van der Waals surface area contributed by atoms with Crippen LogP contribution < -0.4 is 10.6 Å². The molecule has 0 bridgehead atoms. The first-order chi connectivity index (χ1) is 14.7. The summed E-state index contributed by atoms with van der Waals surface area (Å²) in [5.74, 6) is -1.31. The molecule has 2 rings (SSSR count). The van der Waals surface area contributed by atoms with Crippen molar-refractivity contribution < 1.29 is 24.2 Å². The molecule has 1 aromatic carbocycles. The molecule has 0 radical (unpaired) electrons. The lowest BCUT2D eigenvalue weighted by molar-refractivity contribution is -0.152. The zero-order valence-electron chi connectivity index (χ0n) is 18.2. The SMILES string of the molecule is C=CC(=O)CC[C@H](NC(=O)[C@H](Cc1c[nH]c2ccccc12)NC(C)O)C(=O)OC(C)C. The Morgan fingerprint density at radius 3 is 2.55 bits per heavy atom.